The number of benzene rings is 1. The standard InChI is InChI=1S/C14H15N3O3S/c1-19-9-5-6-11(20-2)10(7-9)12(18)15-14-17-16-13(21-14)8-3-4-8/h5-8H,3-4H2,1-2H3,(H,15,17,18). The van der Waals surface area contributed by atoms with Crippen LogP contribution in [0.25, 0.3) is 0 Å². The number of anilines is 1. The van der Waals surface area contributed by atoms with Crippen molar-refractivity contribution >= 4 is 22.4 Å². The van der Waals surface area contributed by atoms with E-state index in [4.69, 9.17) is 9.47 Å². The van der Waals surface area contributed by atoms with Gasteiger partial charge >= 0.3 is 0 Å². The van der Waals surface area contributed by atoms with Gasteiger partial charge in [0.05, 0.1) is 19.8 Å². The fourth-order valence-electron chi connectivity index (χ4n) is 1.94. The molecule has 1 aliphatic rings. The van der Waals surface area contributed by atoms with Crippen LogP contribution in [0.2, 0.25) is 0 Å². The maximum absolute atomic E-state index is 12.3. The second-order valence-corrected chi connectivity index (χ2v) is 5.75. The Morgan fingerprint density at radius 2 is 2.10 bits per heavy atom. The lowest BCUT2D eigenvalue weighted by Crippen LogP contribution is -2.13. The summed E-state index contributed by atoms with van der Waals surface area (Å²) >= 11 is 1.42. The maximum Gasteiger partial charge on any atom is 0.261 e. The first kappa shape index (κ1) is 13.8. The lowest BCUT2D eigenvalue weighted by molar-refractivity contribution is 0.102. The van der Waals surface area contributed by atoms with E-state index in [2.05, 4.69) is 15.5 Å². The second-order valence-electron chi connectivity index (χ2n) is 4.74. The predicted octanol–water partition coefficient (Wildman–Crippen LogP) is 2.69. The van der Waals surface area contributed by atoms with Gasteiger partial charge in [0.25, 0.3) is 5.91 Å². The van der Waals surface area contributed by atoms with Gasteiger partial charge in [-0.3, -0.25) is 10.1 Å². The molecule has 1 N–H and O–H groups in total. The lowest BCUT2D eigenvalue weighted by Gasteiger charge is -2.09. The Labute approximate surface area is 126 Å². The highest BCUT2D eigenvalue weighted by Gasteiger charge is 2.28. The summed E-state index contributed by atoms with van der Waals surface area (Å²) in [6.45, 7) is 0. The zero-order chi connectivity index (χ0) is 14.8. The lowest BCUT2D eigenvalue weighted by atomic mass is 10.2. The van der Waals surface area contributed by atoms with Crippen molar-refractivity contribution in [3.8, 4) is 11.5 Å². The van der Waals surface area contributed by atoms with Gasteiger partial charge in [0.1, 0.15) is 16.5 Å². The number of hydrogen-bond donors (Lipinski definition) is 1. The average Bonchev–Trinajstić information content (AvgIpc) is 3.27. The topological polar surface area (TPSA) is 73.3 Å². The van der Waals surface area contributed by atoms with E-state index in [0.717, 1.165) is 17.8 Å². The smallest absolute Gasteiger partial charge is 0.261 e. The minimum Gasteiger partial charge on any atom is -0.497 e. The van der Waals surface area contributed by atoms with Crippen molar-refractivity contribution in [1.29, 1.82) is 0 Å². The molecule has 0 saturated heterocycles. The molecule has 21 heavy (non-hydrogen) atoms. The number of hydrogen-bond acceptors (Lipinski definition) is 6. The Bertz CT molecular complexity index is 667. The summed E-state index contributed by atoms with van der Waals surface area (Å²) in [4.78, 5) is 12.3. The first-order valence-corrected chi connectivity index (χ1v) is 7.39. The number of amides is 1. The van der Waals surface area contributed by atoms with Crippen LogP contribution in [-0.4, -0.2) is 30.3 Å². The van der Waals surface area contributed by atoms with E-state index in [0.29, 0.717) is 28.1 Å². The quantitative estimate of drug-likeness (QED) is 0.919. The molecule has 0 radical (unpaired) electrons. The van der Waals surface area contributed by atoms with Gasteiger partial charge in [-0.05, 0) is 31.0 Å². The predicted molar refractivity (Wildman–Crippen MR) is 79.4 cm³/mol. The van der Waals surface area contributed by atoms with Crippen LogP contribution in [0.3, 0.4) is 0 Å². The Balaban J connectivity index is 1.79. The molecule has 0 unspecified atom stereocenters. The SMILES string of the molecule is COc1ccc(OC)c(C(=O)Nc2nnc(C3CC3)s2)c1. The van der Waals surface area contributed by atoms with Crippen LogP contribution in [0.5, 0.6) is 11.5 Å². The zero-order valence-corrected chi connectivity index (χ0v) is 12.6. The van der Waals surface area contributed by atoms with Crippen molar-refractivity contribution in [1.82, 2.24) is 10.2 Å². The molecule has 1 heterocycles. The van der Waals surface area contributed by atoms with Crippen molar-refractivity contribution < 1.29 is 14.3 Å². The van der Waals surface area contributed by atoms with E-state index in [1.54, 1.807) is 25.3 Å². The number of carbonyl (C=O) groups is 1. The molecule has 0 atom stereocenters. The van der Waals surface area contributed by atoms with E-state index < -0.39 is 0 Å². The highest BCUT2D eigenvalue weighted by Crippen LogP contribution is 2.42. The van der Waals surface area contributed by atoms with Crippen LogP contribution in [0.15, 0.2) is 18.2 Å². The molecular formula is C14H15N3O3S. The van der Waals surface area contributed by atoms with E-state index in [1.807, 2.05) is 0 Å². The van der Waals surface area contributed by atoms with Crippen molar-refractivity contribution in [2.75, 3.05) is 19.5 Å². The van der Waals surface area contributed by atoms with E-state index >= 15 is 0 Å². The largest absolute Gasteiger partial charge is 0.497 e. The molecule has 1 saturated carbocycles. The van der Waals surface area contributed by atoms with Gasteiger partial charge in [-0.25, -0.2) is 0 Å². The molecule has 7 heteroatoms. The van der Waals surface area contributed by atoms with Gasteiger partial charge in [0.15, 0.2) is 0 Å². The number of rotatable bonds is 5. The third-order valence-electron chi connectivity index (χ3n) is 3.24. The first-order valence-electron chi connectivity index (χ1n) is 6.58. The number of methoxy groups -OCH3 is 2. The molecule has 6 nitrogen and oxygen atoms in total. The van der Waals surface area contributed by atoms with Gasteiger partial charge in [0, 0.05) is 5.92 Å². The summed E-state index contributed by atoms with van der Waals surface area (Å²) in [6.07, 6.45) is 2.32. The molecule has 1 aromatic heterocycles. The fraction of sp³-hybridized carbons (Fsp3) is 0.357. The monoisotopic (exact) mass is 305 g/mol. The van der Waals surface area contributed by atoms with Crippen molar-refractivity contribution in [2.24, 2.45) is 0 Å². The van der Waals surface area contributed by atoms with E-state index in [9.17, 15) is 4.79 Å². The van der Waals surface area contributed by atoms with Gasteiger partial charge < -0.3 is 9.47 Å². The Hall–Kier alpha value is -2.15. The van der Waals surface area contributed by atoms with Crippen LogP contribution in [0.1, 0.15) is 34.1 Å². The van der Waals surface area contributed by atoms with Crippen molar-refractivity contribution in [3.05, 3.63) is 28.8 Å². The molecule has 0 aliphatic heterocycles. The van der Waals surface area contributed by atoms with Crippen molar-refractivity contribution in [2.45, 2.75) is 18.8 Å². The Morgan fingerprint density at radius 3 is 2.76 bits per heavy atom. The number of aromatic nitrogens is 2. The van der Waals surface area contributed by atoms with Gasteiger partial charge in [0.2, 0.25) is 5.13 Å². The summed E-state index contributed by atoms with van der Waals surface area (Å²) in [5.41, 5.74) is 0.403. The Morgan fingerprint density at radius 1 is 1.29 bits per heavy atom. The molecular weight excluding hydrogens is 290 g/mol. The minimum absolute atomic E-state index is 0.288. The molecule has 0 spiro atoms. The van der Waals surface area contributed by atoms with Gasteiger partial charge in [-0.1, -0.05) is 11.3 Å². The third kappa shape index (κ3) is 2.97. The molecule has 1 amide bonds. The van der Waals surface area contributed by atoms with Crippen LogP contribution in [-0.2, 0) is 0 Å². The molecule has 3 rings (SSSR count). The number of carbonyl (C=O) groups excluding carboxylic acids is 1. The van der Waals surface area contributed by atoms with E-state index in [1.165, 1.54) is 18.4 Å². The van der Waals surface area contributed by atoms with E-state index in [-0.39, 0.29) is 5.91 Å². The molecule has 1 fully saturated rings. The molecule has 110 valence electrons. The highest BCUT2D eigenvalue weighted by molar-refractivity contribution is 7.15. The third-order valence-corrected chi connectivity index (χ3v) is 4.24. The van der Waals surface area contributed by atoms with Crippen LogP contribution >= 0.6 is 11.3 Å². The average molecular weight is 305 g/mol. The van der Waals surface area contributed by atoms with Gasteiger partial charge in [-0.2, -0.15) is 0 Å². The fourth-order valence-corrected chi connectivity index (χ4v) is 2.84. The van der Waals surface area contributed by atoms with Crippen LogP contribution < -0.4 is 14.8 Å². The second kappa shape index (κ2) is 5.69. The summed E-state index contributed by atoms with van der Waals surface area (Å²) in [5.74, 6) is 1.32. The summed E-state index contributed by atoms with van der Waals surface area (Å²) in [7, 11) is 3.07. The molecule has 2 aromatic rings. The minimum atomic E-state index is -0.288. The zero-order valence-electron chi connectivity index (χ0n) is 11.8. The number of nitrogens with one attached hydrogen (secondary N) is 1. The summed E-state index contributed by atoms with van der Waals surface area (Å²) in [5, 5.41) is 12.4. The normalized spacial score (nSPS) is 13.8. The molecule has 0 bridgehead atoms. The van der Waals surface area contributed by atoms with Crippen molar-refractivity contribution in [3.63, 3.8) is 0 Å². The summed E-state index contributed by atoms with van der Waals surface area (Å²) < 4.78 is 10.3. The Kier molecular flexibility index (Phi) is 3.74. The molecule has 1 aromatic carbocycles. The van der Waals surface area contributed by atoms with Crippen LogP contribution in [0, 0.1) is 0 Å². The first-order chi connectivity index (χ1) is 10.2. The van der Waals surface area contributed by atoms with Gasteiger partial charge in [-0.15, -0.1) is 10.2 Å². The summed E-state index contributed by atoms with van der Waals surface area (Å²) in [6, 6.07) is 5.08. The molecule has 1 aliphatic carbocycles. The number of nitrogens with zero attached hydrogens (tertiary/aromatic N) is 2. The highest BCUT2D eigenvalue weighted by atomic mass is 32.1. The number of ether oxygens (including phenoxy) is 2. The maximum atomic E-state index is 12.3. The van der Waals surface area contributed by atoms with Crippen LogP contribution in [0.4, 0.5) is 5.13 Å².